The number of nitrogens with zero attached hydrogens (tertiary/aromatic N) is 6. The van der Waals surface area contributed by atoms with Crippen molar-refractivity contribution in [1.29, 1.82) is 0 Å². The third-order valence-corrected chi connectivity index (χ3v) is 4.16. The molecule has 10 heteroatoms. The molecular weight excluding hydrogens is 377 g/mol. The minimum Gasteiger partial charge on any atom is -0.350 e. The second-order valence-corrected chi connectivity index (χ2v) is 6.25. The van der Waals surface area contributed by atoms with Crippen LogP contribution < -0.4 is 5.32 Å². The maximum atomic E-state index is 13.6. The number of amides is 1. The monoisotopic (exact) mass is 393 g/mol. The summed E-state index contributed by atoms with van der Waals surface area (Å²) in [6.07, 6.45) is 4.93. The van der Waals surface area contributed by atoms with Crippen LogP contribution in [0.1, 0.15) is 15.9 Å². The third-order valence-electron chi connectivity index (χ3n) is 4.16. The number of aryl methyl sites for hydroxylation is 1. The Morgan fingerprint density at radius 1 is 1.31 bits per heavy atom. The summed E-state index contributed by atoms with van der Waals surface area (Å²) in [5.74, 6) is -0.138. The molecule has 0 aliphatic carbocycles. The number of halogens is 1. The van der Waals surface area contributed by atoms with Gasteiger partial charge in [0.2, 0.25) is 5.82 Å². The predicted molar refractivity (Wildman–Crippen MR) is 100 cm³/mol. The van der Waals surface area contributed by atoms with Crippen molar-refractivity contribution in [1.82, 2.24) is 35.4 Å². The van der Waals surface area contributed by atoms with E-state index >= 15 is 0 Å². The molecule has 1 aromatic carbocycles. The maximum Gasteiger partial charge on any atom is 0.280 e. The van der Waals surface area contributed by atoms with Crippen LogP contribution in [0.2, 0.25) is 0 Å². The van der Waals surface area contributed by atoms with Crippen molar-refractivity contribution in [2.24, 2.45) is 0 Å². The molecule has 146 valence electrons. The molecule has 1 N–H and O–H groups in total. The quantitative estimate of drug-likeness (QED) is 0.535. The number of rotatable bonds is 6. The number of nitrogens with one attached hydrogen (secondary N) is 1. The Labute approximate surface area is 164 Å². The van der Waals surface area contributed by atoms with Gasteiger partial charge in [-0.2, -0.15) is 4.98 Å². The van der Waals surface area contributed by atoms with E-state index in [1.165, 1.54) is 6.07 Å². The van der Waals surface area contributed by atoms with Gasteiger partial charge in [0, 0.05) is 30.1 Å². The molecule has 4 rings (SSSR count). The van der Waals surface area contributed by atoms with Gasteiger partial charge in [0.15, 0.2) is 5.69 Å². The van der Waals surface area contributed by atoms with Crippen LogP contribution >= 0.6 is 0 Å². The summed E-state index contributed by atoms with van der Waals surface area (Å²) in [6, 6.07) is 7.96. The summed E-state index contributed by atoms with van der Waals surface area (Å²) in [5, 5.41) is 14.6. The first-order chi connectivity index (χ1) is 14.1. The molecule has 4 aromatic rings. The molecule has 0 saturated carbocycles. The molecule has 0 radical (unpaired) electrons. The molecule has 29 heavy (non-hydrogen) atoms. The van der Waals surface area contributed by atoms with Gasteiger partial charge in [-0.25, -0.2) is 9.07 Å². The van der Waals surface area contributed by atoms with Crippen LogP contribution in [-0.2, 0) is 6.54 Å². The molecule has 0 spiro atoms. The number of hydrogen-bond acceptors (Lipinski definition) is 7. The van der Waals surface area contributed by atoms with E-state index in [0.717, 1.165) is 5.56 Å². The van der Waals surface area contributed by atoms with Gasteiger partial charge >= 0.3 is 0 Å². The van der Waals surface area contributed by atoms with Gasteiger partial charge in [-0.3, -0.25) is 9.78 Å². The van der Waals surface area contributed by atoms with Gasteiger partial charge in [0.25, 0.3) is 11.8 Å². The Bertz CT molecular complexity index is 1140. The highest BCUT2D eigenvalue weighted by Crippen LogP contribution is 2.19. The Morgan fingerprint density at radius 3 is 3.00 bits per heavy atom. The average Bonchev–Trinajstić information content (AvgIpc) is 3.40. The van der Waals surface area contributed by atoms with Crippen LogP contribution in [0.5, 0.6) is 0 Å². The zero-order chi connectivity index (χ0) is 20.2. The summed E-state index contributed by atoms with van der Waals surface area (Å²) >= 11 is 0. The second kappa shape index (κ2) is 7.97. The standard InChI is InChI=1S/C19H16FN7O2/c1-12-4-5-13(9-15(12)20)18(28)22-7-8-27-11-16(24-26-27)19-23-17(25-29-19)14-3-2-6-21-10-14/h2-6,9-11H,7-8H2,1H3,(H,22,28). The van der Waals surface area contributed by atoms with Crippen LogP contribution in [-0.4, -0.2) is 42.6 Å². The van der Waals surface area contributed by atoms with Crippen molar-refractivity contribution in [3.8, 4) is 23.0 Å². The zero-order valence-electron chi connectivity index (χ0n) is 15.4. The van der Waals surface area contributed by atoms with Crippen molar-refractivity contribution < 1.29 is 13.7 Å². The summed E-state index contributed by atoms with van der Waals surface area (Å²) < 4.78 is 20.3. The van der Waals surface area contributed by atoms with Crippen LogP contribution in [0, 0.1) is 12.7 Å². The van der Waals surface area contributed by atoms with Gasteiger partial charge in [0.05, 0.1) is 12.7 Å². The highest BCUT2D eigenvalue weighted by Gasteiger charge is 2.14. The molecule has 3 heterocycles. The van der Waals surface area contributed by atoms with Crippen molar-refractivity contribution in [2.45, 2.75) is 13.5 Å². The average molecular weight is 393 g/mol. The lowest BCUT2D eigenvalue weighted by Gasteiger charge is -2.06. The number of benzene rings is 1. The molecule has 0 atom stereocenters. The molecule has 3 aromatic heterocycles. The number of aromatic nitrogens is 6. The topological polar surface area (TPSA) is 112 Å². The number of carbonyl (C=O) groups excluding carboxylic acids is 1. The van der Waals surface area contributed by atoms with Crippen LogP contribution in [0.4, 0.5) is 4.39 Å². The zero-order valence-corrected chi connectivity index (χ0v) is 15.4. The van der Waals surface area contributed by atoms with Gasteiger partial charge in [0.1, 0.15) is 5.82 Å². The molecule has 0 unspecified atom stereocenters. The maximum absolute atomic E-state index is 13.6. The molecule has 0 fully saturated rings. The lowest BCUT2D eigenvalue weighted by molar-refractivity contribution is 0.0951. The third kappa shape index (κ3) is 4.15. The number of carbonyl (C=O) groups is 1. The normalized spacial score (nSPS) is 10.8. The van der Waals surface area contributed by atoms with E-state index in [9.17, 15) is 9.18 Å². The smallest absolute Gasteiger partial charge is 0.280 e. The molecule has 9 nitrogen and oxygen atoms in total. The van der Waals surface area contributed by atoms with Crippen LogP contribution in [0.25, 0.3) is 23.0 Å². The number of hydrogen-bond donors (Lipinski definition) is 1. The largest absolute Gasteiger partial charge is 0.350 e. The van der Waals surface area contributed by atoms with Crippen molar-refractivity contribution in [2.75, 3.05) is 6.54 Å². The highest BCUT2D eigenvalue weighted by atomic mass is 19.1. The molecule has 0 bridgehead atoms. The van der Waals surface area contributed by atoms with Crippen molar-refractivity contribution >= 4 is 5.91 Å². The molecule has 0 aliphatic rings. The van der Waals surface area contributed by atoms with E-state index in [1.807, 2.05) is 6.07 Å². The predicted octanol–water partition coefficient (Wildman–Crippen LogP) is 2.27. The SMILES string of the molecule is Cc1ccc(C(=O)NCCn2cc(-c3nc(-c4cccnc4)no3)nn2)cc1F. The highest BCUT2D eigenvalue weighted by molar-refractivity contribution is 5.94. The first-order valence-corrected chi connectivity index (χ1v) is 8.79. The van der Waals surface area contributed by atoms with Crippen LogP contribution in [0.15, 0.2) is 53.4 Å². The van der Waals surface area contributed by atoms with Gasteiger partial charge in [-0.1, -0.05) is 16.4 Å². The second-order valence-electron chi connectivity index (χ2n) is 6.25. The van der Waals surface area contributed by atoms with E-state index in [0.29, 0.717) is 30.2 Å². The minimum atomic E-state index is -0.413. The molecule has 1 amide bonds. The van der Waals surface area contributed by atoms with Gasteiger partial charge in [-0.15, -0.1) is 5.10 Å². The Balaban J connectivity index is 1.35. The first kappa shape index (κ1) is 18.4. The van der Waals surface area contributed by atoms with E-state index in [2.05, 4.69) is 30.8 Å². The fraction of sp³-hybridized carbons (Fsp3) is 0.158. The molecular formula is C19H16FN7O2. The Morgan fingerprint density at radius 2 is 2.21 bits per heavy atom. The minimum absolute atomic E-state index is 0.231. The van der Waals surface area contributed by atoms with Gasteiger partial charge < -0.3 is 9.84 Å². The lowest BCUT2D eigenvalue weighted by Crippen LogP contribution is -2.27. The van der Waals surface area contributed by atoms with E-state index in [4.69, 9.17) is 4.52 Å². The molecule has 0 aliphatic heterocycles. The van der Waals surface area contributed by atoms with Crippen molar-refractivity contribution in [3.05, 3.63) is 65.9 Å². The van der Waals surface area contributed by atoms with Gasteiger partial charge in [-0.05, 0) is 36.8 Å². The summed E-state index contributed by atoms with van der Waals surface area (Å²) in [5.41, 5.74) is 1.90. The first-order valence-electron chi connectivity index (χ1n) is 8.79. The molecule has 0 saturated heterocycles. The number of pyridine rings is 1. The lowest BCUT2D eigenvalue weighted by atomic mass is 10.1. The van der Waals surface area contributed by atoms with Crippen LogP contribution in [0.3, 0.4) is 0 Å². The van der Waals surface area contributed by atoms with E-state index in [1.54, 1.807) is 48.4 Å². The fourth-order valence-corrected chi connectivity index (χ4v) is 2.57. The summed E-state index contributed by atoms with van der Waals surface area (Å²) in [7, 11) is 0. The van der Waals surface area contributed by atoms with E-state index in [-0.39, 0.29) is 17.4 Å². The Hall–Kier alpha value is -3.95. The van der Waals surface area contributed by atoms with Crippen molar-refractivity contribution in [3.63, 3.8) is 0 Å². The fourth-order valence-electron chi connectivity index (χ4n) is 2.57. The van der Waals surface area contributed by atoms with E-state index < -0.39 is 5.82 Å². The Kier molecular flexibility index (Phi) is 5.06. The summed E-state index contributed by atoms with van der Waals surface area (Å²) in [4.78, 5) is 20.4. The summed E-state index contributed by atoms with van der Waals surface area (Å²) in [6.45, 7) is 2.31.